The Hall–Kier alpha value is -1.17. The molecule has 0 aliphatic rings. The van der Waals surface area contributed by atoms with Gasteiger partial charge in [0.15, 0.2) is 0 Å². The Bertz CT molecular complexity index is 184. The monoisotopic (exact) mass is 137 g/mol. The fraction of sp³-hybridized carbons (Fsp3) is 0.571. The lowest BCUT2D eigenvalue weighted by Crippen LogP contribution is -2.08. The number of aliphatic imine (C=N–C) groups is 2. The van der Waals surface area contributed by atoms with E-state index in [1.165, 1.54) is 0 Å². The van der Waals surface area contributed by atoms with Crippen molar-refractivity contribution in [3.8, 4) is 6.19 Å². The summed E-state index contributed by atoms with van der Waals surface area (Å²) in [6, 6.07) is 0. The molecule has 0 aromatic heterocycles. The van der Waals surface area contributed by atoms with Crippen LogP contribution in [0.5, 0.6) is 0 Å². The standard InChI is InChI=1S/C7H11N3/c1-6(2)7(4-9-3)10-5-8/h4,6H,1-3H3/b9-4-,10-7+. The SMILES string of the molecule is C/N=C\C(=N/C#N)C(C)C. The van der Waals surface area contributed by atoms with E-state index >= 15 is 0 Å². The highest BCUT2D eigenvalue weighted by atomic mass is 14.8. The van der Waals surface area contributed by atoms with Crippen LogP contribution < -0.4 is 0 Å². The maximum Gasteiger partial charge on any atom is 0.205 e. The third-order valence-electron chi connectivity index (χ3n) is 1.03. The molecule has 0 N–H and O–H groups in total. The van der Waals surface area contributed by atoms with E-state index < -0.39 is 0 Å². The first kappa shape index (κ1) is 8.83. The van der Waals surface area contributed by atoms with E-state index in [0.29, 0.717) is 0 Å². The predicted molar refractivity (Wildman–Crippen MR) is 42.3 cm³/mol. The van der Waals surface area contributed by atoms with Gasteiger partial charge in [0.1, 0.15) is 0 Å². The molecule has 0 atom stereocenters. The summed E-state index contributed by atoms with van der Waals surface area (Å²) in [6.07, 6.45) is 3.34. The fourth-order valence-corrected chi connectivity index (χ4v) is 0.497. The van der Waals surface area contributed by atoms with Crippen LogP contribution >= 0.6 is 0 Å². The van der Waals surface area contributed by atoms with Crippen LogP contribution in [-0.4, -0.2) is 19.0 Å². The minimum absolute atomic E-state index is 0.267. The van der Waals surface area contributed by atoms with Gasteiger partial charge in [0.05, 0.1) is 5.71 Å². The van der Waals surface area contributed by atoms with E-state index in [1.807, 2.05) is 13.8 Å². The quantitative estimate of drug-likeness (QED) is 0.417. The van der Waals surface area contributed by atoms with E-state index in [9.17, 15) is 0 Å². The van der Waals surface area contributed by atoms with Crippen LogP contribution in [0, 0.1) is 17.4 Å². The highest BCUT2D eigenvalue weighted by molar-refractivity contribution is 6.31. The minimum atomic E-state index is 0.267. The summed E-state index contributed by atoms with van der Waals surface area (Å²) < 4.78 is 0. The summed E-state index contributed by atoms with van der Waals surface area (Å²) >= 11 is 0. The summed E-state index contributed by atoms with van der Waals surface area (Å²) in [5.74, 6) is 0.267. The van der Waals surface area contributed by atoms with Crippen molar-refractivity contribution in [1.29, 1.82) is 5.26 Å². The number of hydrogen-bond acceptors (Lipinski definition) is 3. The molecule has 0 aliphatic carbocycles. The highest BCUT2D eigenvalue weighted by Crippen LogP contribution is 1.93. The van der Waals surface area contributed by atoms with Crippen molar-refractivity contribution in [2.24, 2.45) is 15.9 Å². The molecule has 3 heteroatoms. The summed E-state index contributed by atoms with van der Waals surface area (Å²) in [6.45, 7) is 3.94. The molecule has 0 radical (unpaired) electrons. The van der Waals surface area contributed by atoms with Gasteiger partial charge in [-0.1, -0.05) is 13.8 Å². The second-order valence-corrected chi connectivity index (χ2v) is 2.18. The first-order chi connectivity index (χ1) is 4.72. The molecule has 3 nitrogen and oxygen atoms in total. The van der Waals surface area contributed by atoms with Gasteiger partial charge in [0, 0.05) is 13.3 Å². The lowest BCUT2D eigenvalue weighted by atomic mass is 10.1. The summed E-state index contributed by atoms with van der Waals surface area (Å²) in [7, 11) is 1.66. The van der Waals surface area contributed by atoms with Crippen LogP contribution in [0.4, 0.5) is 0 Å². The van der Waals surface area contributed by atoms with Gasteiger partial charge in [-0.3, -0.25) is 4.99 Å². The van der Waals surface area contributed by atoms with E-state index in [0.717, 1.165) is 5.71 Å². The van der Waals surface area contributed by atoms with E-state index in [1.54, 1.807) is 19.5 Å². The molecule has 0 spiro atoms. The van der Waals surface area contributed by atoms with Crippen LogP contribution in [0.25, 0.3) is 0 Å². The molecule has 0 saturated heterocycles. The number of nitriles is 1. The van der Waals surface area contributed by atoms with E-state index in [-0.39, 0.29) is 5.92 Å². The summed E-state index contributed by atoms with van der Waals surface area (Å²) in [5, 5.41) is 8.21. The molecule has 0 rings (SSSR count). The van der Waals surface area contributed by atoms with Gasteiger partial charge in [0.2, 0.25) is 6.19 Å². The molecule has 0 aromatic carbocycles. The van der Waals surface area contributed by atoms with Crippen molar-refractivity contribution >= 4 is 11.9 Å². The number of hydrogen-bond donors (Lipinski definition) is 0. The van der Waals surface area contributed by atoms with Gasteiger partial charge in [-0.25, -0.2) is 0 Å². The second-order valence-electron chi connectivity index (χ2n) is 2.18. The highest BCUT2D eigenvalue weighted by Gasteiger charge is 1.99. The zero-order chi connectivity index (χ0) is 7.98. The van der Waals surface area contributed by atoms with Crippen molar-refractivity contribution in [3.63, 3.8) is 0 Å². The smallest absolute Gasteiger partial charge is 0.205 e. The van der Waals surface area contributed by atoms with Gasteiger partial charge >= 0.3 is 0 Å². The third kappa shape index (κ3) is 2.98. The maximum absolute atomic E-state index is 8.21. The molecular formula is C7H11N3. The summed E-state index contributed by atoms with van der Waals surface area (Å²) in [4.78, 5) is 7.36. The fourth-order valence-electron chi connectivity index (χ4n) is 0.497. The van der Waals surface area contributed by atoms with Crippen molar-refractivity contribution < 1.29 is 0 Å². The Kier molecular flexibility index (Phi) is 4.14. The van der Waals surface area contributed by atoms with Crippen LogP contribution in [0.2, 0.25) is 0 Å². The molecule has 10 heavy (non-hydrogen) atoms. The molecule has 0 amide bonds. The molecule has 0 saturated carbocycles. The Morgan fingerprint density at radius 3 is 2.50 bits per heavy atom. The molecule has 0 unspecified atom stereocenters. The second kappa shape index (κ2) is 4.68. The topological polar surface area (TPSA) is 48.5 Å². The van der Waals surface area contributed by atoms with E-state index in [4.69, 9.17) is 5.26 Å². The van der Waals surface area contributed by atoms with Gasteiger partial charge in [-0.15, -0.1) is 0 Å². The van der Waals surface area contributed by atoms with Crippen LogP contribution in [0.15, 0.2) is 9.98 Å². The zero-order valence-corrected chi connectivity index (χ0v) is 6.50. The number of nitrogens with zero attached hydrogens (tertiary/aromatic N) is 3. The molecule has 54 valence electrons. The Balaban J connectivity index is 4.30. The number of rotatable bonds is 2. The lowest BCUT2D eigenvalue weighted by Gasteiger charge is -1.98. The molecule has 0 aliphatic heterocycles. The summed E-state index contributed by atoms with van der Waals surface area (Å²) in [5.41, 5.74) is 0.727. The van der Waals surface area contributed by atoms with Crippen LogP contribution in [0.1, 0.15) is 13.8 Å². The molecular weight excluding hydrogens is 126 g/mol. The van der Waals surface area contributed by atoms with E-state index in [2.05, 4.69) is 9.98 Å². The first-order valence-corrected chi connectivity index (χ1v) is 3.11. The molecule has 0 fully saturated rings. The molecule has 0 heterocycles. The van der Waals surface area contributed by atoms with Gasteiger partial charge in [0.25, 0.3) is 0 Å². The minimum Gasteiger partial charge on any atom is -0.295 e. The molecule has 0 bridgehead atoms. The Morgan fingerprint density at radius 2 is 2.20 bits per heavy atom. The Labute approximate surface area is 61.1 Å². The predicted octanol–water partition coefficient (Wildman–Crippen LogP) is 1.27. The average molecular weight is 137 g/mol. The van der Waals surface area contributed by atoms with Gasteiger partial charge in [-0.05, 0) is 5.92 Å². The van der Waals surface area contributed by atoms with Crippen molar-refractivity contribution in [2.45, 2.75) is 13.8 Å². The van der Waals surface area contributed by atoms with Crippen molar-refractivity contribution in [1.82, 2.24) is 0 Å². The Morgan fingerprint density at radius 1 is 1.60 bits per heavy atom. The first-order valence-electron chi connectivity index (χ1n) is 3.11. The van der Waals surface area contributed by atoms with Gasteiger partial charge in [-0.2, -0.15) is 10.3 Å². The third-order valence-corrected chi connectivity index (χ3v) is 1.03. The average Bonchev–Trinajstić information content (AvgIpc) is 1.87. The maximum atomic E-state index is 8.21. The lowest BCUT2D eigenvalue weighted by molar-refractivity contribution is 0.896. The van der Waals surface area contributed by atoms with Crippen molar-refractivity contribution in [3.05, 3.63) is 0 Å². The van der Waals surface area contributed by atoms with Crippen molar-refractivity contribution in [2.75, 3.05) is 7.05 Å². The largest absolute Gasteiger partial charge is 0.295 e. The molecule has 0 aromatic rings. The normalized spacial score (nSPS) is 12.5. The van der Waals surface area contributed by atoms with Gasteiger partial charge < -0.3 is 0 Å². The zero-order valence-electron chi connectivity index (χ0n) is 6.50. The van der Waals surface area contributed by atoms with Crippen LogP contribution in [0.3, 0.4) is 0 Å². The van der Waals surface area contributed by atoms with Crippen LogP contribution in [-0.2, 0) is 0 Å².